The van der Waals surface area contributed by atoms with Gasteiger partial charge in [0.1, 0.15) is 12.4 Å². The van der Waals surface area contributed by atoms with Crippen LogP contribution in [-0.4, -0.2) is 63.5 Å². The van der Waals surface area contributed by atoms with Crippen molar-refractivity contribution in [3.8, 4) is 11.5 Å². The molecule has 2 amide bonds. The highest BCUT2D eigenvalue weighted by molar-refractivity contribution is 7.85. The first-order valence-electron chi connectivity index (χ1n) is 13.4. The van der Waals surface area contributed by atoms with Gasteiger partial charge in [-0.05, 0) is 36.9 Å². The van der Waals surface area contributed by atoms with Crippen LogP contribution in [-0.2, 0) is 33.5 Å². The standard InChI is InChI=1S/C21H19F3N4O3S.C8H8O2.CH5N/c22-17-12-14(19-25-26-20(31-19)18(23)24)6-7-15(17)13-28(16-4-2-1-3-5-16)21(29)27-8-10-32(30)11-9-27;9-7-10-6-8-4-2-1-3-5-8;1-2/h1-7,12,18H,8-11,13H2;1-5,7H,6H2;2H2,1H3. The van der Waals surface area contributed by atoms with Crippen molar-refractivity contribution in [3.63, 3.8) is 0 Å². The van der Waals surface area contributed by atoms with E-state index in [1.165, 1.54) is 24.1 Å². The number of hydrogen-bond donors (Lipinski definition) is 1. The molecule has 0 aliphatic carbocycles. The minimum Gasteiger partial charge on any atom is -0.463 e. The van der Waals surface area contributed by atoms with Gasteiger partial charge in [0.05, 0.1) is 6.54 Å². The molecule has 10 nitrogen and oxygen atoms in total. The summed E-state index contributed by atoms with van der Waals surface area (Å²) in [5, 5.41) is 6.77. The van der Waals surface area contributed by atoms with Gasteiger partial charge in [-0.25, -0.2) is 9.18 Å². The van der Waals surface area contributed by atoms with Crippen LogP contribution >= 0.6 is 0 Å². The number of nitrogens with two attached hydrogens (primary N) is 1. The van der Waals surface area contributed by atoms with E-state index in [0.717, 1.165) is 11.6 Å². The lowest BCUT2D eigenvalue weighted by molar-refractivity contribution is -0.129. The average Bonchev–Trinajstić information content (AvgIpc) is 3.57. The van der Waals surface area contributed by atoms with Crippen molar-refractivity contribution < 1.29 is 36.1 Å². The van der Waals surface area contributed by atoms with Crippen LogP contribution in [0.1, 0.15) is 23.4 Å². The van der Waals surface area contributed by atoms with Crippen LogP contribution < -0.4 is 10.6 Å². The first kappa shape index (κ1) is 33.9. The third-order valence-corrected chi connectivity index (χ3v) is 7.44. The summed E-state index contributed by atoms with van der Waals surface area (Å²) in [6.07, 6.45) is -2.92. The highest BCUT2D eigenvalue weighted by Gasteiger charge is 2.27. The van der Waals surface area contributed by atoms with E-state index in [2.05, 4.69) is 20.7 Å². The third kappa shape index (κ3) is 9.74. The van der Waals surface area contributed by atoms with E-state index in [-0.39, 0.29) is 29.6 Å². The van der Waals surface area contributed by atoms with Gasteiger partial charge in [-0.1, -0.05) is 54.6 Å². The molecule has 4 aromatic rings. The number of ether oxygens (including phenoxy) is 1. The fraction of sp³-hybridized carbons (Fsp3) is 0.267. The third-order valence-electron chi connectivity index (χ3n) is 6.16. The van der Waals surface area contributed by atoms with E-state index in [1.54, 1.807) is 29.2 Å². The maximum absolute atomic E-state index is 14.9. The normalized spacial score (nSPS) is 12.8. The van der Waals surface area contributed by atoms with Gasteiger partial charge in [0.15, 0.2) is 0 Å². The van der Waals surface area contributed by atoms with Crippen LogP contribution in [0.5, 0.6) is 0 Å². The van der Waals surface area contributed by atoms with E-state index in [4.69, 9.17) is 4.42 Å². The number of alkyl halides is 2. The Kier molecular flexibility index (Phi) is 13.5. The molecule has 1 saturated heterocycles. The summed E-state index contributed by atoms with van der Waals surface area (Å²) in [4.78, 5) is 26.0. The summed E-state index contributed by atoms with van der Waals surface area (Å²) >= 11 is 0. The molecular formula is C30H32F3N5O5S. The highest BCUT2D eigenvalue weighted by Crippen LogP contribution is 2.26. The minimum atomic E-state index is -2.92. The zero-order chi connectivity index (χ0) is 31.9. The van der Waals surface area contributed by atoms with Crippen LogP contribution in [0.25, 0.3) is 11.5 Å². The van der Waals surface area contributed by atoms with E-state index in [9.17, 15) is 27.0 Å². The molecule has 234 valence electrons. The summed E-state index contributed by atoms with van der Waals surface area (Å²) < 4.78 is 61.3. The lowest BCUT2D eigenvalue weighted by Crippen LogP contribution is -2.48. The summed E-state index contributed by atoms with van der Waals surface area (Å²) in [6, 6.07) is 22.1. The number of rotatable bonds is 8. The smallest absolute Gasteiger partial charge is 0.324 e. The van der Waals surface area contributed by atoms with Crippen molar-refractivity contribution in [3.05, 3.63) is 102 Å². The van der Waals surface area contributed by atoms with Crippen LogP contribution in [0.4, 0.5) is 23.7 Å². The Morgan fingerprint density at radius 2 is 1.68 bits per heavy atom. The van der Waals surface area contributed by atoms with E-state index in [0.29, 0.717) is 43.4 Å². The quantitative estimate of drug-likeness (QED) is 0.271. The molecule has 0 radical (unpaired) electrons. The van der Waals surface area contributed by atoms with Gasteiger partial charge in [-0.2, -0.15) is 8.78 Å². The summed E-state index contributed by atoms with van der Waals surface area (Å²) in [5.74, 6) is -0.895. The molecule has 44 heavy (non-hydrogen) atoms. The monoisotopic (exact) mass is 631 g/mol. The number of aromatic nitrogens is 2. The van der Waals surface area contributed by atoms with Crippen LogP contribution in [0, 0.1) is 5.82 Å². The average molecular weight is 632 g/mol. The van der Waals surface area contributed by atoms with Gasteiger partial charge in [0.25, 0.3) is 12.4 Å². The number of benzene rings is 3. The van der Waals surface area contributed by atoms with Crippen molar-refractivity contribution in [1.29, 1.82) is 0 Å². The molecule has 0 spiro atoms. The van der Waals surface area contributed by atoms with Gasteiger partial charge in [-0.3, -0.25) is 13.9 Å². The molecule has 0 atom stereocenters. The summed E-state index contributed by atoms with van der Waals surface area (Å²) in [6.45, 7) is 1.48. The number of hydrogen-bond acceptors (Lipinski definition) is 8. The number of nitrogens with zero attached hydrogens (tertiary/aromatic N) is 4. The zero-order valence-electron chi connectivity index (χ0n) is 23.9. The predicted octanol–water partition coefficient (Wildman–Crippen LogP) is 4.94. The Bertz CT molecular complexity index is 1480. The lowest BCUT2D eigenvalue weighted by Gasteiger charge is -2.33. The Hall–Kier alpha value is -4.56. The molecule has 0 bridgehead atoms. The van der Waals surface area contributed by atoms with E-state index >= 15 is 0 Å². The summed E-state index contributed by atoms with van der Waals surface area (Å²) in [7, 11) is 0.562. The first-order chi connectivity index (χ1) is 21.4. The number of halogens is 3. The first-order valence-corrected chi connectivity index (χ1v) is 14.9. The molecule has 2 heterocycles. The molecule has 1 aromatic heterocycles. The van der Waals surface area contributed by atoms with E-state index < -0.39 is 28.9 Å². The Morgan fingerprint density at radius 1 is 1.05 bits per heavy atom. The number of amides is 2. The van der Waals surface area contributed by atoms with E-state index in [1.807, 2.05) is 36.4 Å². The number of para-hydroxylation sites is 1. The van der Waals surface area contributed by atoms with Gasteiger partial charge >= 0.3 is 12.5 Å². The molecule has 1 fully saturated rings. The number of anilines is 1. The maximum Gasteiger partial charge on any atom is 0.324 e. The minimum absolute atomic E-state index is 0.0549. The van der Waals surface area contributed by atoms with Crippen LogP contribution in [0.15, 0.2) is 83.3 Å². The van der Waals surface area contributed by atoms with Gasteiger partial charge in [-0.15, -0.1) is 10.2 Å². The van der Waals surface area contributed by atoms with Crippen molar-refractivity contribution in [2.45, 2.75) is 19.6 Å². The largest absolute Gasteiger partial charge is 0.463 e. The van der Waals surface area contributed by atoms with Crippen LogP contribution in [0.2, 0.25) is 0 Å². The molecule has 1 aliphatic heterocycles. The van der Waals surface area contributed by atoms with Gasteiger partial charge in [0.2, 0.25) is 5.89 Å². The van der Waals surface area contributed by atoms with Crippen LogP contribution in [0.3, 0.4) is 0 Å². The fourth-order valence-corrected chi connectivity index (χ4v) is 5.05. The zero-order valence-corrected chi connectivity index (χ0v) is 24.7. The Labute approximate surface area is 255 Å². The molecule has 1 aliphatic rings. The number of urea groups is 1. The second kappa shape index (κ2) is 17.5. The SMILES string of the molecule is CN.O=C(N1CCS(=O)CC1)N(Cc1ccc(-c2nnc(C(F)F)o2)cc1F)c1ccccc1.O=COCc1ccccc1. The van der Waals surface area contributed by atoms with Crippen molar-refractivity contribution >= 4 is 29.0 Å². The maximum atomic E-state index is 14.9. The number of carbonyl (C=O) groups is 2. The number of carbonyl (C=O) groups excluding carboxylic acids is 2. The molecule has 0 saturated carbocycles. The Morgan fingerprint density at radius 3 is 2.25 bits per heavy atom. The molecular weight excluding hydrogens is 599 g/mol. The topological polar surface area (TPSA) is 132 Å². The molecule has 5 rings (SSSR count). The van der Waals surface area contributed by atoms with Gasteiger partial charge in [0, 0.05) is 52.2 Å². The van der Waals surface area contributed by atoms with Crippen molar-refractivity contribution in [1.82, 2.24) is 15.1 Å². The summed E-state index contributed by atoms with van der Waals surface area (Å²) in [5.41, 5.74) is 6.47. The molecule has 0 unspecified atom stereocenters. The Balaban J connectivity index is 0.000000372. The molecule has 3 aromatic carbocycles. The lowest BCUT2D eigenvalue weighted by atomic mass is 10.1. The van der Waals surface area contributed by atoms with Crippen molar-refractivity contribution in [2.24, 2.45) is 5.73 Å². The molecule has 14 heteroatoms. The van der Waals surface area contributed by atoms with Crippen molar-refractivity contribution in [2.75, 3.05) is 36.5 Å². The molecule has 2 N–H and O–H groups in total. The second-order valence-corrected chi connectivity index (χ2v) is 10.7. The second-order valence-electron chi connectivity index (χ2n) is 8.98. The van der Waals surface area contributed by atoms with Gasteiger partial charge < -0.3 is 19.8 Å². The predicted molar refractivity (Wildman–Crippen MR) is 160 cm³/mol. The fourth-order valence-electron chi connectivity index (χ4n) is 4.00. The highest BCUT2D eigenvalue weighted by atomic mass is 32.2.